The molecule has 0 radical (unpaired) electrons. The van der Waals surface area contributed by atoms with Crippen LogP contribution in [0.2, 0.25) is 0 Å². The summed E-state index contributed by atoms with van der Waals surface area (Å²) in [6, 6.07) is 13.8. The molecule has 4 aliphatic heterocycles. The molecule has 2 aromatic heterocycles. The van der Waals surface area contributed by atoms with Crippen molar-refractivity contribution in [3.05, 3.63) is 58.5 Å². The number of pyridine rings is 1. The van der Waals surface area contributed by atoms with E-state index in [1.807, 2.05) is 19.1 Å². The largest absolute Gasteiger partial charge is 0.472 e. The molecule has 1 saturated carbocycles. The molecule has 1 N–H and O–H groups in total. The quantitative estimate of drug-likeness (QED) is 0.223. The van der Waals surface area contributed by atoms with E-state index in [-0.39, 0.29) is 47.9 Å². The van der Waals surface area contributed by atoms with E-state index < -0.39 is 0 Å². The molecule has 2 bridgehead atoms. The Hall–Kier alpha value is -4.00. The van der Waals surface area contributed by atoms with Gasteiger partial charge in [-0.2, -0.15) is 5.26 Å². The highest BCUT2D eigenvalue weighted by Crippen LogP contribution is 2.52. The summed E-state index contributed by atoms with van der Waals surface area (Å²) < 4.78 is 27.0. The molecule has 266 valence electrons. The highest BCUT2D eigenvalue weighted by Gasteiger charge is 2.50. The molecule has 4 saturated heterocycles. The number of likely N-dealkylation sites (tertiary alicyclic amines) is 2. The van der Waals surface area contributed by atoms with Crippen LogP contribution in [-0.2, 0) is 11.2 Å². The molecule has 2 aliphatic carbocycles. The Balaban J connectivity index is 1.32. The van der Waals surface area contributed by atoms with Crippen LogP contribution in [0.4, 0.5) is 4.39 Å². The van der Waals surface area contributed by atoms with Gasteiger partial charge in [-0.15, -0.1) is 0 Å². The number of hydrogen-bond donors (Lipinski definition) is 1. The van der Waals surface area contributed by atoms with E-state index >= 15 is 4.39 Å². The molecule has 6 aliphatic rings. The average molecular weight is 689 g/mol. The van der Waals surface area contributed by atoms with Gasteiger partial charge in [0.25, 0.3) is 0 Å². The second-order valence-corrected chi connectivity index (χ2v) is 16.2. The number of carbonyl (C=O) groups is 1. The maximum Gasteiger partial charge on any atom is 0.223 e. The number of benzene rings is 2. The Labute approximate surface area is 299 Å². The second kappa shape index (κ2) is 12.3. The fourth-order valence-corrected chi connectivity index (χ4v) is 10.9. The molecule has 6 heterocycles. The van der Waals surface area contributed by atoms with Crippen LogP contribution in [0.5, 0.6) is 5.88 Å². The Kier molecular flexibility index (Phi) is 7.93. The Morgan fingerprint density at radius 1 is 1.16 bits per heavy atom. The predicted octanol–water partition coefficient (Wildman–Crippen LogP) is 7.71. The Morgan fingerprint density at radius 3 is 2.71 bits per heavy atom. The molecule has 10 rings (SSSR count). The summed E-state index contributed by atoms with van der Waals surface area (Å²) in [5, 5.41) is 15.6. The highest BCUT2D eigenvalue weighted by atomic mass is 19.1. The maximum absolute atomic E-state index is 17.7. The smallest absolute Gasteiger partial charge is 0.223 e. The van der Waals surface area contributed by atoms with E-state index in [0.29, 0.717) is 28.9 Å². The van der Waals surface area contributed by atoms with E-state index in [4.69, 9.17) is 9.72 Å². The number of amides is 1. The number of hydrogen-bond acceptors (Lipinski definition) is 6. The lowest BCUT2D eigenvalue weighted by atomic mass is 9.78. The third-order valence-electron chi connectivity index (χ3n) is 13.3. The zero-order valence-corrected chi connectivity index (χ0v) is 30.5. The van der Waals surface area contributed by atoms with Crippen molar-refractivity contribution in [2.75, 3.05) is 20.1 Å². The molecule has 1 amide bonds. The average Bonchev–Trinajstić information content (AvgIpc) is 3.94. The molecule has 9 heteroatoms. The van der Waals surface area contributed by atoms with Crippen molar-refractivity contribution in [1.82, 2.24) is 24.7 Å². The standard InChI is InChI=1S/C42H49FN6O2/c1-22-17-30-39(38(43)36(22)29-12-7-10-26-9-6-11-27(20-44)37(26)29)46-42(51-24(3)33-13-8-16-47(33)5)31-19-35(34-15-14-23(2)48(34)25(4)50)49(41(30)31)40-28-18-32(40)45-21-28/h7,10,12,17,19,23-24,27-28,32-34,40,45H,6,8-9,11,13-16,18,21H2,1-5H3/t23-,24-,27?,28+,32+,33-,34+,40-/m0/s1. The molecular weight excluding hydrogens is 640 g/mol. The zero-order chi connectivity index (χ0) is 35.3. The molecule has 4 aromatic rings. The van der Waals surface area contributed by atoms with Gasteiger partial charge in [0.2, 0.25) is 11.8 Å². The molecular formula is C42H49FN6O2. The summed E-state index contributed by atoms with van der Waals surface area (Å²) in [7, 11) is 2.15. The number of halogens is 1. The first-order chi connectivity index (χ1) is 24.7. The molecule has 2 aromatic carbocycles. The van der Waals surface area contributed by atoms with Gasteiger partial charge in [0, 0.05) is 48.2 Å². The van der Waals surface area contributed by atoms with Crippen molar-refractivity contribution in [2.45, 2.75) is 121 Å². The second-order valence-electron chi connectivity index (χ2n) is 16.2. The van der Waals surface area contributed by atoms with Crippen molar-refractivity contribution in [2.24, 2.45) is 5.92 Å². The van der Waals surface area contributed by atoms with Crippen molar-refractivity contribution in [3.8, 4) is 23.1 Å². The van der Waals surface area contributed by atoms with E-state index in [0.717, 1.165) is 109 Å². The monoisotopic (exact) mass is 688 g/mol. The SMILES string of the molecule is CC(=O)N1[C@@H](c2cc3c(O[C@@H](C)[C@@H]4CCCN4C)nc4c(F)c(-c5cccc6c5C(C#N)CCC6)c(C)cc4c3n2[C@H]2[C@H]3CN[C@@H]2C3)CC[C@@H]1C. The number of nitriles is 1. The number of likely N-dealkylation sites (N-methyl/N-ethyl adjacent to an activating group) is 1. The third-order valence-corrected chi connectivity index (χ3v) is 13.3. The van der Waals surface area contributed by atoms with E-state index in [1.54, 1.807) is 6.92 Å². The number of fused-ring (bicyclic) bond motifs is 5. The van der Waals surface area contributed by atoms with E-state index in [9.17, 15) is 10.1 Å². The maximum atomic E-state index is 17.7. The number of rotatable bonds is 6. The van der Waals surface area contributed by atoms with Gasteiger partial charge in [-0.3, -0.25) is 9.69 Å². The van der Waals surface area contributed by atoms with Gasteiger partial charge in [0.05, 0.1) is 35.0 Å². The van der Waals surface area contributed by atoms with Gasteiger partial charge in [0.1, 0.15) is 11.6 Å². The molecule has 0 spiro atoms. The molecule has 1 unspecified atom stereocenters. The lowest BCUT2D eigenvalue weighted by molar-refractivity contribution is -0.131. The normalized spacial score (nSPS) is 29.4. The van der Waals surface area contributed by atoms with Gasteiger partial charge in [-0.05, 0) is 126 Å². The van der Waals surface area contributed by atoms with E-state index in [1.165, 1.54) is 0 Å². The molecule has 51 heavy (non-hydrogen) atoms. The number of ether oxygens (including phenoxy) is 1. The van der Waals surface area contributed by atoms with Crippen molar-refractivity contribution in [1.29, 1.82) is 5.26 Å². The minimum absolute atomic E-state index is 0.0739. The first-order valence-electron chi connectivity index (χ1n) is 19.2. The highest BCUT2D eigenvalue weighted by molar-refractivity contribution is 6.09. The number of aromatic nitrogens is 2. The van der Waals surface area contributed by atoms with Crippen LogP contribution in [0.3, 0.4) is 0 Å². The molecule has 5 fully saturated rings. The summed E-state index contributed by atoms with van der Waals surface area (Å²) in [6.07, 6.45) is 7.60. The topological polar surface area (TPSA) is 86.4 Å². The summed E-state index contributed by atoms with van der Waals surface area (Å²) in [5.41, 5.74) is 6.63. The summed E-state index contributed by atoms with van der Waals surface area (Å²) in [4.78, 5) is 22.7. The third kappa shape index (κ3) is 4.96. The van der Waals surface area contributed by atoms with Gasteiger partial charge < -0.3 is 19.5 Å². The van der Waals surface area contributed by atoms with Crippen LogP contribution in [-0.4, -0.2) is 69.6 Å². The number of nitrogens with zero attached hydrogens (tertiary/aromatic N) is 5. The lowest BCUT2D eigenvalue weighted by Gasteiger charge is -2.39. The van der Waals surface area contributed by atoms with Crippen LogP contribution in [0.15, 0.2) is 30.3 Å². The fraction of sp³-hybridized carbons (Fsp3) is 0.548. The van der Waals surface area contributed by atoms with Gasteiger partial charge in [-0.1, -0.05) is 18.2 Å². The number of aryl methyl sites for hydroxylation is 2. The fourth-order valence-electron chi connectivity index (χ4n) is 10.9. The summed E-state index contributed by atoms with van der Waals surface area (Å²) in [5.74, 6) is 0.391. The first-order valence-corrected chi connectivity index (χ1v) is 19.2. The van der Waals surface area contributed by atoms with Crippen LogP contribution >= 0.6 is 0 Å². The van der Waals surface area contributed by atoms with Crippen LogP contribution in [0.1, 0.15) is 106 Å². The number of nitrogens with one attached hydrogen (secondary N) is 1. The lowest BCUT2D eigenvalue weighted by Crippen LogP contribution is -2.41. The Morgan fingerprint density at radius 2 is 2.00 bits per heavy atom. The van der Waals surface area contributed by atoms with Crippen molar-refractivity contribution < 1.29 is 13.9 Å². The van der Waals surface area contributed by atoms with Crippen LogP contribution in [0.25, 0.3) is 32.9 Å². The zero-order valence-electron chi connectivity index (χ0n) is 30.5. The van der Waals surface area contributed by atoms with E-state index in [2.05, 4.69) is 64.8 Å². The number of carbonyl (C=O) groups excluding carboxylic acids is 1. The predicted molar refractivity (Wildman–Crippen MR) is 197 cm³/mol. The Bertz CT molecular complexity index is 2100. The summed E-state index contributed by atoms with van der Waals surface area (Å²) in [6.45, 7) is 9.92. The van der Waals surface area contributed by atoms with Crippen LogP contribution in [0, 0.1) is 30.0 Å². The van der Waals surface area contributed by atoms with Gasteiger partial charge >= 0.3 is 0 Å². The van der Waals surface area contributed by atoms with Gasteiger partial charge in [0.15, 0.2) is 5.82 Å². The minimum atomic E-state index is -0.359. The summed E-state index contributed by atoms with van der Waals surface area (Å²) >= 11 is 0. The molecule has 8 nitrogen and oxygen atoms in total. The van der Waals surface area contributed by atoms with Crippen molar-refractivity contribution >= 4 is 27.7 Å². The van der Waals surface area contributed by atoms with Gasteiger partial charge in [-0.25, -0.2) is 9.37 Å². The first kappa shape index (κ1) is 32.9. The van der Waals surface area contributed by atoms with Crippen molar-refractivity contribution in [3.63, 3.8) is 0 Å². The van der Waals surface area contributed by atoms with Crippen LogP contribution < -0.4 is 10.1 Å². The minimum Gasteiger partial charge on any atom is -0.472 e. The molecule has 8 atom stereocenters.